The summed E-state index contributed by atoms with van der Waals surface area (Å²) in [4.78, 5) is 20.4. The summed E-state index contributed by atoms with van der Waals surface area (Å²) in [7, 11) is 0. The number of halogens is 1. The third kappa shape index (κ3) is 4.63. The van der Waals surface area contributed by atoms with Crippen LogP contribution in [0.1, 0.15) is 21.6 Å². The maximum atomic E-state index is 13.6. The van der Waals surface area contributed by atoms with Gasteiger partial charge in [0.15, 0.2) is 0 Å². The van der Waals surface area contributed by atoms with Crippen molar-refractivity contribution in [3.63, 3.8) is 0 Å². The van der Waals surface area contributed by atoms with E-state index in [0.717, 1.165) is 5.56 Å². The largest absolute Gasteiger partial charge is 0.370 e. The number of aryl methyl sites for hydroxylation is 1. The number of rotatable bonds is 6. The number of anilines is 2. The fraction of sp³-hybridized carbons (Fsp3) is 0.150. The number of carbonyl (C=O) groups excluding carboxylic acids is 1. The van der Waals surface area contributed by atoms with Crippen LogP contribution in [0.3, 0.4) is 0 Å². The quantitative estimate of drug-likeness (QED) is 0.709. The van der Waals surface area contributed by atoms with Gasteiger partial charge in [-0.15, -0.1) is 0 Å². The molecular formula is C20H19FN4O. The second kappa shape index (κ2) is 8.20. The maximum Gasteiger partial charge on any atom is 0.274 e. The lowest BCUT2D eigenvalue weighted by Gasteiger charge is -2.08. The third-order valence-electron chi connectivity index (χ3n) is 3.87. The van der Waals surface area contributed by atoms with Crippen LogP contribution in [0.25, 0.3) is 0 Å². The van der Waals surface area contributed by atoms with Crippen LogP contribution >= 0.6 is 0 Å². The fourth-order valence-corrected chi connectivity index (χ4v) is 2.44. The van der Waals surface area contributed by atoms with Crippen molar-refractivity contribution in [3.05, 3.63) is 83.6 Å². The molecule has 0 spiro atoms. The molecule has 0 unspecified atom stereocenters. The zero-order valence-electron chi connectivity index (χ0n) is 14.4. The van der Waals surface area contributed by atoms with E-state index >= 15 is 0 Å². The summed E-state index contributed by atoms with van der Waals surface area (Å²) in [5.74, 6) is -0.0195. The van der Waals surface area contributed by atoms with Gasteiger partial charge in [0.05, 0.1) is 0 Å². The molecule has 1 amide bonds. The van der Waals surface area contributed by atoms with E-state index in [1.807, 2.05) is 31.2 Å². The fourth-order valence-electron chi connectivity index (χ4n) is 2.44. The third-order valence-corrected chi connectivity index (χ3v) is 3.87. The van der Waals surface area contributed by atoms with Crippen molar-refractivity contribution in [3.8, 4) is 0 Å². The van der Waals surface area contributed by atoms with E-state index in [1.165, 1.54) is 12.4 Å². The summed E-state index contributed by atoms with van der Waals surface area (Å²) in [6.45, 7) is 2.48. The molecule has 0 aliphatic carbocycles. The standard InChI is InChI=1S/C20H19FN4O/c1-14-6-8-16(9-7-14)25-20(26)18-12-19(24-13-23-18)22-11-10-15-4-2-3-5-17(15)21/h2-9,12-13H,10-11H2,1H3,(H,25,26)(H,22,23,24). The first-order valence-corrected chi connectivity index (χ1v) is 8.29. The minimum absolute atomic E-state index is 0.227. The predicted octanol–water partition coefficient (Wildman–Crippen LogP) is 3.83. The molecule has 6 heteroatoms. The molecule has 0 atom stereocenters. The second-order valence-corrected chi connectivity index (χ2v) is 5.88. The van der Waals surface area contributed by atoms with Gasteiger partial charge in [0, 0.05) is 18.3 Å². The molecule has 0 fully saturated rings. The average Bonchev–Trinajstić information content (AvgIpc) is 2.65. The van der Waals surface area contributed by atoms with Crippen molar-refractivity contribution in [2.45, 2.75) is 13.3 Å². The first-order chi connectivity index (χ1) is 12.6. The van der Waals surface area contributed by atoms with E-state index in [2.05, 4.69) is 20.6 Å². The molecule has 0 bridgehead atoms. The molecule has 3 aromatic rings. The number of amides is 1. The second-order valence-electron chi connectivity index (χ2n) is 5.88. The Bertz CT molecular complexity index is 896. The van der Waals surface area contributed by atoms with Crippen LogP contribution in [0.15, 0.2) is 60.9 Å². The predicted molar refractivity (Wildman–Crippen MR) is 99.8 cm³/mol. The van der Waals surface area contributed by atoms with Crippen molar-refractivity contribution < 1.29 is 9.18 Å². The van der Waals surface area contributed by atoms with Gasteiger partial charge in [0.2, 0.25) is 0 Å². The molecule has 0 radical (unpaired) electrons. The van der Waals surface area contributed by atoms with Gasteiger partial charge in [0.25, 0.3) is 5.91 Å². The van der Waals surface area contributed by atoms with Crippen molar-refractivity contribution in [2.24, 2.45) is 0 Å². The Morgan fingerprint density at radius 3 is 2.62 bits per heavy atom. The number of hydrogen-bond donors (Lipinski definition) is 2. The summed E-state index contributed by atoms with van der Waals surface area (Å²) in [5.41, 5.74) is 2.71. The monoisotopic (exact) mass is 350 g/mol. The van der Waals surface area contributed by atoms with E-state index in [9.17, 15) is 9.18 Å². The molecular weight excluding hydrogens is 331 g/mol. The highest BCUT2D eigenvalue weighted by Crippen LogP contribution is 2.12. The molecule has 3 rings (SSSR count). The van der Waals surface area contributed by atoms with E-state index < -0.39 is 0 Å². The van der Waals surface area contributed by atoms with Gasteiger partial charge in [0.1, 0.15) is 23.7 Å². The lowest BCUT2D eigenvalue weighted by atomic mass is 10.1. The molecule has 1 aromatic heterocycles. The molecule has 5 nitrogen and oxygen atoms in total. The number of nitrogens with one attached hydrogen (secondary N) is 2. The molecule has 26 heavy (non-hydrogen) atoms. The highest BCUT2D eigenvalue weighted by atomic mass is 19.1. The maximum absolute atomic E-state index is 13.6. The van der Waals surface area contributed by atoms with Gasteiger partial charge in [-0.3, -0.25) is 4.79 Å². The summed E-state index contributed by atoms with van der Waals surface area (Å²) >= 11 is 0. The molecule has 0 saturated heterocycles. The van der Waals surface area contributed by atoms with Crippen LogP contribution in [-0.2, 0) is 6.42 Å². The molecule has 1 heterocycles. The lowest BCUT2D eigenvalue weighted by molar-refractivity contribution is 0.102. The Morgan fingerprint density at radius 2 is 1.85 bits per heavy atom. The van der Waals surface area contributed by atoms with Gasteiger partial charge in [-0.05, 0) is 37.1 Å². The molecule has 2 aromatic carbocycles. The normalized spacial score (nSPS) is 10.4. The summed E-state index contributed by atoms with van der Waals surface area (Å²) in [5, 5.41) is 5.88. The van der Waals surface area contributed by atoms with Crippen LogP contribution < -0.4 is 10.6 Å². The lowest BCUT2D eigenvalue weighted by Crippen LogP contribution is -2.15. The minimum atomic E-state index is -0.312. The molecule has 2 N–H and O–H groups in total. The molecule has 0 aliphatic heterocycles. The van der Waals surface area contributed by atoms with Crippen LogP contribution in [-0.4, -0.2) is 22.4 Å². The van der Waals surface area contributed by atoms with E-state index in [0.29, 0.717) is 30.0 Å². The van der Waals surface area contributed by atoms with E-state index in [1.54, 1.807) is 24.3 Å². The van der Waals surface area contributed by atoms with E-state index in [4.69, 9.17) is 0 Å². The number of aromatic nitrogens is 2. The SMILES string of the molecule is Cc1ccc(NC(=O)c2cc(NCCc3ccccc3F)ncn2)cc1. The molecule has 132 valence electrons. The number of benzene rings is 2. The summed E-state index contributed by atoms with van der Waals surface area (Å²) in [6.07, 6.45) is 1.84. The van der Waals surface area contributed by atoms with Crippen LogP contribution in [0, 0.1) is 12.7 Å². The van der Waals surface area contributed by atoms with E-state index in [-0.39, 0.29) is 17.4 Å². The highest BCUT2D eigenvalue weighted by Gasteiger charge is 2.09. The summed E-state index contributed by atoms with van der Waals surface area (Å²) in [6, 6.07) is 15.7. The van der Waals surface area contributed by atoms with Crippen molar-refractivity contribution in [1.82, 2.24) is 9.97 Å². The number of nitrogens with zero attached hydrogens (tertiary/aromatic N) is 2. The van der Waals surface area contributed by atoms with Crippen molar-refractivity contribution in [1.29, 1.82) is 0 Å². The molecule has 0 saturated carbocycles. The number of carbonyl (C=O) groups is 1. The van der Waals surface area contributed by atoms with Crippen LogP contribution in [0.4, 0.5) is 15.9 Å². The Labute approximate surface area is 151 Å². The topological polar surface area (TPSA) is 66.9 Å². The van der Waals surface area contributed by atoms with Crippen LogP contribution in [0.2, 0.25) is 0 Å². The Hall–Kier alpha value is -3.28. The smallest absolute Gasteiger partial charge is 0.274 e. The van der Waals surface area contributed by atoms with Gasteiger partial charge < -0.3 is 10.6 Å². The first kappa shape index (κ1) is 17.5. The van der Waals surface area contributed by atoms with Gasteiger partial charge in [-0.2, -0.15) is 0 Å². The van der Waals surface area contributed by atoms with Gasteiger partial charge >= 0.3 is 0 Å². The zero-order chi connectivity index (χ0) is 18.4. The zero-order valence-corrected chi connectivity index (χ0v) is 14.4. The van der Waals surface area contributed by atoms with Crippen molar-refractivity contribution >= 4 is 17.4 Å². The van der Waals surface area contributed by atoms with Crippen LogP contribution in [0.5, 0.6) is 0 Å². The van der Waals surface area contributed by atoms with Crippen molar-refractivity contribution in [2.75, 3.05) is 17.2 Å². The Balaban J connectivity index is 1.59. The Morgan fingerprint density at radius 1 is 1.08 bits per heavy atom. The van der Waals surface area contributed by atoms with Gasteiger partial charge in [-0.25, -0.2) is 14.4 Å². The molecule has 0 aliphatic rings. The Kier molecular flexibility index (Phi) is 5.53. The first-order valence-electron chi connectivity index (χ1n) is 8.29. The minimum Gasteiger partial charge on any atom is -0.370 e. The number of hydrogen-bond acceptors (Lipinski definition) is 4. The summed E-state index contributed by atoms with van der Waals surface area (Å²) < 4.78 is 13.6. The van der Waals surface area contributed by atoms with Gasteiger partial charge in [-0.1, -0.05) is 35.9 Å². The highest BCUT2D eigenvalue weighted by molar-refractivity contribution is 6.03. The average molecular weight is 350 g/mol.